The van der Waals surface area contributed by atoms with Crippen molar-refractivity contribution in [2.45, 2.75) is 19.8 Å². The number of carboxylic acid groups (broad SMARTS) is 1. The zero-order chi connectivity index (χ0) is 24.0. The minimum Gasteiger partial charge on any atom is -0.490 e. The van der Waals surface area contributed by atoms with E-state index in [0.29, 0.717) is 29.0 Å². The van der Waals surface area contributed by atoms with Gasteiger partial charge in [0.05, 0.1) is 21.3 Å². The lowest BCUT2D eigenvalue weighted by Crippen LogP contribution is -2.27. The molecule has 0 atom stereocenters. The van der Waals surface area contributed by atoms with E-state index in [9.17, 15) is 14.7 Å². The molecular formula is C24H25BrN2O5S. The third-order valence-corrected chi connectivity index (χ3v) is 6.39. The summed E-state index contributed by atoms with van der Waals surface area (Å²) in [6, 6.07) is 11.5. The Labute approximate surface area is 204 Å². The lowest BCUT2D eigenvalue weighted by Gasteiger charge is -2.16. The Bertz CT molecular complexity index is 1160. The van der Waals surface area contributed by atoms with Crippen molar-refractivity contribution in [2.24, 2.45) is 0 Å². The van der Waals surface area contributed by atoms with Gasteiger partial charge >= 0.3 is 5.97 Å². The molecule has 0 bridgehead atoms. The molecule has 0 radical (unpaired) electrons. The van der Waals surface area contributed by atoms with Crippen molar-refractivity contribution in [3.63, 3.8) is 0 Å². The number of hydrogen-bond donors (Lipinski definition) is 1. The van der Waals surface area contributed by atoms with Gasteiger partial charge in [0.2, 0.25) is 0 Å². The summed E-state index contributed by atoms with van der Waals surface area (Å²) in [4.78, 5) is 29.4. The smallest absolute Gasteiger partial charge is 0.303 e. The molecule has 0 saturated carbocycles. The van der Waals surface area contributed by atoms with Crippen molar-refractivity contribution >= 4 is 61.0 Å². The number of carboxylic acids is 1. The molecule has 1 amide bonds. The van der Waals surface area contributed by atoms with Crippen molar-refractivity contribution in [3.05, 3.63) is 51.4 Å². The van der Waals surface area contributed by atoms with Gasteiger partial charge < -0.3 is 19.5 Å². The summed E-state index contributed by atoms with van der Waals surface area (Å²) in [5.41, 5.74) is 2.50. The standard InChI is InChI=1S/C24H25BrN2O5S/c1-4-31-19-13-15(12-17(25)23(19)32-14-21(28)27(2)3)11-16(9-10-22(29)30)24-26-18-7-5-6-8-20(18)33-24/h5-8,11-13H,4,9-10,14H2,1-3H3,(H,29,30)/b16-11+. The Hall–Kier alpha value is -2.91. The number of ether oxygens (including phenoxy) is 2. The summed E-state index contributed by atoms with van der Waals surface area (Å²) in [6.45, 7) is 2.17. The first-order chi connectivity index (χ1) is 15.8. The van der Waals surface area contributed by atoms with E-state index in [1.165, 1.54) is 16.2 Å². The normalized spacial score (nSPS) is 11.5. The topological polar surface area (TPSA) is 89.0 Å². The lowest BCUT2D eigenvalue weighted by atomic mass is 10.1. The van der Waals surface area contributed by atoms with Crippen LogP contribution in [0, 0.1) is 0 Å². The van der Waals surface area contributed by atoms with Crippen LogP contribution in [0.15, 0.2) is 40.9 Å². The van der Waals surface area contributed by atoms with Crippen LogP contribution in [0.4, 0.5) is 0 Å². The lowest BCUT2D eigenvalue weighted by molar-refractivity contribution is -0.137. The number of nitrogens with zero attached hydrogens (tertiary/aromatic N) is 2. The molecule has 0 aliphatic heterocycles. The number of rotatable bonds is 10. The largest absolute Gasteiger partial charge is 0.490 e. The van der Waals surface area contributed by atoms with E-state index in [1.807, 2.05) is 49.4 Å². The highest BCUT2D eigenvalue weighted by atomic mass is 79.9. The predicted octanol–water partition coefficient (Wildman–Crippen LogP) is 5.33. The number of hydrogen-bond acceptors (Lipinski definition) is 6. The highest BCUT2D eigenvalue weighted by molar-refractivity contribution is 9.10. The van der Waals surface area contributed by atoms with Gasteiger partial charge in [-0.1, -0.05) is 12.1 Å². The van der Waals surface area contributed by atoms with Crippen molar-refractivity contribution in [2.75, 3.05) is 27.3 Å². The van der Waals surface area contributed by atoms with Crippen LogP contribution in [0.2, 0.25) is 0 Å². The number of aromatic nitrogens is 1. The SMILES string of the molecule is CCOc1cc(/C=C(\CCC(=O)O)c2nc3ccccc3s2)cc(Br)c1OCC(=O)N(C)C. The van der Waals surface area contributed by atoms with Gasteiger partial charge in [-0.3, -0.25) is 9.59 Å². The number of fused-ring (bicyclic) bond motifs is 1. The number of carbonyl (C=O) groups excluding carboxylic acids is 1. The van der Waals surface area contributed by atoms with E-state index in [0.717, 1.165) is 26.4 Å². The van der Waals surface area contributed by atoms with E-state index in [-0.39, 0.29) is 18.9 Å². The monoisotopic (exact) mass is 532 g/mol. The molecule has 0 aliphatic rings. The van der Waals surface area contributed by atoms with Crippen molar-refractivity contribution < 1.29 is 24.2 Å². The van der Waals surface area contributed by atoms with Gasteiger partial charge in [0.15, 0.2) is 18.1 Å². The Morgan fingerprint density at radius 2 is 1.94 bits per heavy atom. The molecule has 1 aromatic heterocycles. The predicted molar refractivity (Wildman–Crippen MR) is 134 cm³/mol. The molecule has 2 aromatic carbocycles. The van der Waals surface area contributed by atoms with Crippen LogP contribution in [-0.2, 0) is 9.59 Å². The average molecular weight is 533 g/mol. The fourth-order valence-electron chi connectivity index (χ4n) is 3.03. The molecule has 9 heteroatoms. The Morgan fingerprint density at radius 1 is 1.18 bits per heavy atom. The van der Waals surface area contributed by atoms with Crippen molar-refractivity contribution in [1.29, 1.82) is 0 Å². The van der Waals surface area contributed by atoms with Gasteiger partial charge in [-0.15, -0.1) is 11.3 Å². The molecule has 0 saturated heterocycles. The molecule has 0 spiro atoms. The quantitative estimate of drug-likeness (QED) is 0.379. The van der Waals surface area contributed by atoms with E-state index < -0.39 is 5.97 Å². The maximum atomic E-state index is 11.9. The first kappa shape index (κ1) is 24.7. The van der Waals surface area contributed by atoms with E-state index in [2.05, 4.69) is 15.9 Å². The maximum Gasteiger partial charge on any atom is 0.303 e. The van der Waals surface area contributed by atoms with Crippen LogP contribution in [0.1, 0.15) is 30.3 Å². The third kappa shape index (κ3) is 6.55. The van der Waals surface area contributed by atoms with Gasteiger partial charge in [-0.25, -0.2) is 4.98 Å². The van der Waals surface area contributed by atoms with Crippen LogP contribution in [-0.4, -0.2) is 54.2 Å². The molecule has 174 valence electrons. The number of halogens is 1. The molecule has 3 rings (SSSR count). The van der Waals surface area contributed by atoms with Gasteiger partial charge in [-0.2, -0.15) is 0 Å². The summed E-state index contributed by atoms with van der Waals surface area (Å²) in [7, 11) is 3.33. The van der Waals surface area contributed by atoms with Crippen molar-refractivity contribution in [3.8, 4) is 11.5 Å². The van der Waals surface area contributed by atoms with Crippen LogP contribution in [0.3, 0.4) is 0 Å². The molecule has 1 N–H and O–H groups in total. The number of thiazole rings is 1. The number of para-hydroxylation sites is 1. The average Bonchev–Trinajstić information content (AvgIpc) is 3.20. The number of allylic oxidation sites excluding steroid dienone is 1. The van der Waals surface area contributed by atoms with Crippen LogP contribution < -0.4 is 9.47 Å². The molecule has 0 aliphatic carbocycles. The fourth-order valence-corrected chi connectivity index (χ4v) is 4.61. The minimum atomic E-state index is -0.868. The number of amides is 1. The number of likely N-dealkylation sites (N-methyl/N-ethyl adjacent to an activating group) is 1. The second-order valence-corrected chi connectivity index (χ2v) is 9.27. The van der Waals surface area contributed by atoms with Crippen LogP contribution in [0.5, 0.6) is 11.5 Å². The third-order valence-electron chi connectivity index (χ3n) is 4.69. The van der Waals surface area contributed by atoms with Gasteiger partial charge in [0, 0.05) is 20.5 Å². The molecule has 0 fully saturated rings. The molecule has 7 nitrogen and oxygen atoms in total. The van der Waals surface area contributed by atoms with E-state index in [1.54, 1.807) is 14.1 Å². The van der Waals surface area contributed by atoms with Gasteiger partial charge in [-0.05, 0) is 70.8 Å². The summed E-state index contributed by atoms with van der Waals surface area (Å²) in [5, 5.41) is 10.0. The Balaban J connectivity index is 1.99. The van der Waals surface area contributed by atoms with Gasteiger partial charge in [0.25, 0.3) is 5.91 Å². The molecular weight excluding hydrogens is 508 g/mol. The van der Waals surface area contributed by atoms with Crippen LogP contribution >= 0.6 is 27.3 Å². The highest BCUT2D eigenvalue weighted by Gasteiger charge is 2.16. The summed E-state index contributed by atoms with van der Waals surface area (Å²) in [5.74, 6) is -0.101. The van der Waals surface area contributed by atoms with Crippen LogP contribution in [0.25, 0.3) is 21.9 Å². The first-order valence-corrected chi connectivity index (χ1v) is 12.0. The summed E-state index contributed by atoms with van der Waals surface area (Å²) in [6.07, 6.45) is 2.25. The second kappa shape index (κ2) is 11.3. The number of benzene rings is 2. The molecule has 3 aromatic rings. The zero-order valence-corrected chi connectivity index (χ0v) is 21.0. The molecule has 33 heavy (non-hydrogen) atoms. The Morgan fingerprint density at radius 3 is 2.61 bits per heavy atom. The summed E-state index contributed by atoms with van der Waals surface area (Å²) >= 11 is 5.06. The minimum absolute atomic E-state index is 0.00487. The maximum absolute atomic E-state index is 11.9. The second-order valence-electron chi connectivity index (χ2n) is 7.39. The summed E-state index contributed by atoms with van der Waals surface area (Å²) < 4.78 is 13.2. The number of aliphatic carboxylic acids is 1. The molecule has 0 unspecified atom stereocenters. The highest BCUT2D eigenvalue weighted by Crippen LogP contribution is 2.39. The molecule has 1 heterocycles. The van der Waals surface area contributed by atoms with Gasteiger partial charge in [0.1, 0.15) is 5.01 Å². The zero-order valence-electron chi connectivity index (χ0n) is 18.6. The number of carbonyl (C=O) groups is 2. The van der Waals surface area contributed by atoms with E-state index in [4.69, 9.17) is 14.5 Å². The van der Waals surface area contributed by atoms with E-state index >= 15 is 0 Å². The first-order valence-electron chi connectivity index (χ1n) is 10.4. The Kier molecular flexibility index (Phi) is 8.46. The fraction of sp³-hybridized carbons (Fsp3) is 0.292. The van der Waals surface area contributed by atoms with Crippen molar-refractivity contribution in [1.82, 2.24) is 9.88 Å².